The fraction of sp³-hybridized carbons (Fsp3) is 0.800. The summed E-state index contributed by atoms with van der Waals surface area (Å²) in [5.41, 5.74) is -0.337. The van der Waals surface area contributed by atoms with Gasteiger partial charge in [-0.25, -0.2) is 4.79 Å². The standard InChI is InChI=1S/C10H16BrNO3/c1-2-15-9(14)12-7-10(4-3-5-10)8(13)6-11/h2-7H2,1H3,(H,12,14). The van der Waals surface area contributed by atoms with Gasteiger partial charge >= 0.3 is 6.09 Å². The maximum Gasteiger partial charge on any atom is 0.407 e. The first kappa shape index (κ1) is 12.5. The fourth-order valence-corrected chi connectivity index (χ4v) is 2.32. The zero-order chi connectivity index (χ0) is 11.3. The number of hydrogen-bond donors (Lipinski definition) is 1. The van der Waals surface area contributed by atoms with Gasteiger partial charge in [-0.05, 0) is 19.8 Å². The zero-order valence-corrected chi connectivity index (χ0v) is 10.4. The predicted octanol–water partition coefficient (Wildman–Crippen LogP) is 1.87. The van der Waals surface area contributed by atoms with Crippen molar-refractivity contribution in [3.05, 3.63) is 0 Å². The van der Waals surface area contributed by atoms with E-state index in [1.807, 2.05) is 0 Å². The maximum absolute atomic E-state index is 11.6. The largest absolute Gasteiger partial charge is 0.450 e. The quantitative estimate of drug-likeness (QED) is 0.781. The third-order valence-electron chi connectivity index (χ3n) is 2.87. The number of carbonyl (C=O) groups excluding carboxylic acids is 2. The average molecular weight is 278 g/mol. The van der Waals surface area contributed by atoms with Crippen LogP contribution in [0.1, 0.15) is 26.2 Å². The highest BCUT2D eigenvalue weighted by molar-refractivity contribution is 9.09. The van der Waals surface area contributed by atoms with Gasteiger partial charge in [-0.1, -0.05) is 22.4 Å². The molecule has 0 aromatic carbocycles. The van der Waals surface area contributed by atoms with Crippen molar-refractivity contribution < 1.29 is 14.3 Å². The number of Topliss-reactive ketones (excluding diaryl/α,β-unsaturated/α-hetero) is 1. The van der Waals surface area contributed by atoms with Crippen molar-refractivity contribution in [2.75, 3.05) is 18.5 Å². The number of ketones is 1. The molecule has 0 aromatic heterocycles. The van der Waals surface area contributed by atoms with E-state index in [0.717, 1.165) is 19.3 Å². The van der Waals surface area contributed by atoms with E-state index in [-0.39, 0.29) is 11.2 Å². The van der Waals surface area contributed by atoms with Gasteiger partial charge in [-0.3, -0.25) is 4.79 Å². The second kappa shape index (κ2) is 5.49. The molecule has 0 radical (unpaired) electrons. The van der Waals surface area contributed by atoms with Gasteiger partial charge in [-0.2, -0.15) is 0 Å². The van der Waals surface area contributed by atoms with E-state index >= 15 is 0 Å². The van der Waals surface area contributed by atoms with Crippen LogP contribution >= 0.6 is 15.9 Å². The van der Waals surface area contributed by atoms with Crippen molar-refractivity contribution in [1.82, 2.24) is 5.32 Å². The van der Waals surface area contributed by atoms with Crippen LogP contribution in [0.3, 0.4) is 0 Å². The highest BCUT2D eigenvalue weighted by atomic mass is 79.9. The summed E-state index contributed by atoms with van der Waals surface area (Å²) in [5.74, 6) is 0.172. The van der Waals surface area contributed by atoms with Crippen LogP contribution in [0.4, 0.5) is 4.79 Å². The van der Waals surface area contributed by atoms with Crippen LogP contribution in [-0.2, 0) is 9.53 Å². The molecule has 0 saturated heterocycles. The van der Waals surface area contributed by atoms with Gasteiger partial charge in [-0.15, -0.1) is 0 Å². The highest BCUT2D eigenvalue weighted by Crippen LogP contribution is 2.41. The van der Waals surface area contributed by atoms with Crippen molar-refractivity contribution in [2.24, 2.45) is 5.41 Å². The molecule has 1 aliphatic rings. The summed E-state index contributed by atoms with van der Waals surface area (Å²) in [6.45, 7) is 2.50. The Hall–Kier alpha value is -0.580. The summed E-state index contributed by atoms with van der Waals surface area (Å²) in [6.07, 6.45) is 2.35. The predicted molar refractivity (Wildman–Crippen MR) is 60.1 cm³/mol. The average Bonchev–Trinajstić information content (AvgIpc) is 2.16. The van der Waals surface area contributed by atoms with E-state index in [1.165, 1.54) is 0 Å². The van der Waals surface area contributed by atoms with Crippen LogP contribution in [0.2, 0.25) is 0 Å². The van der Waals surface area contributed by atoms with Crippen LogP contribution in [0.15, 0.2) is 0 Å². The smallest absolute Gasteiger partial charge is 0.407 e. The number of ether oxygens (including phenoxy) is 1. The Morgan fingerprint density at radius 3 is 2.53 bits per heavy atom. The summed E-state index contributed by atoms with van der Waals surface area (Å²) in [4.78, 5) is 22.7. The Balaban J connectivity index is 2.40. The van der Waals surface area contributed by atoms with Gasteiger partial charge in [0.2, 0.25) is 0 Å². The Labute approximate surface area is 97.9 Å². The molecular weight excluding hydrogens is 262 g/mol. The first-order chi connectivity index (χ1) is 7.14. The van der Waals surface area contributed by atoms with E-state index in [0.29, 0.717) is 18.5 Å². The van der Waals surface area contributed by atoms with Crippen LogP contribution in [0.5, 0.6) is 0 Å². The zero-order valence-electron chi connectivity index (χ0n) is 8.85. The van der Waals surface area contributed by atoms with Gasteiger partial charge < -0.3 is 10.1 Å². The molecule has 0 spiro atoms. The van der Waals surface area contributed by atoms with Crippen LogP contribution < -0.4 is 5.32 Å². The van der Waals surface area contributed by atoms with E-state index in [4.69, 9.17) is 4.74 Å². The summed E-state index contributed by atoms with van der Waals surface area (Å²) < 4.78 is 4.75. The molecule has 1 rings (SSSR count). The topological polar surface area (TPSA) is 55.4 Å². The first-order valence-electron chi connectivity index (χ1n) is 5.14. The van der Waals surface area contributed by atoms with Crippen molar-refractivity contribution in [1.29, 1.82) is 0 Å². The van der Waals surface area contributed by atoms with Crippen molar-refractivity contribution in [3.63, 3.8) is 0 Å². The van der Waals surface area contributed by atoms with Gasteiger partial charge in [0.15, 0.2) is 5.78 Å². The lowest BCUT2D eigenvalue weighted by Gasteiger charge is -2.39. The third kappa shape index (κ3) is 2.93. The number of halogens is 1. The molecule has 1 saturated carbocycles. The van der Waals surface area contributed by atoms with Gasteiger partial charge in [0.1, 0.15) is 0 Å². The molecule has 15 heavy (non-hydrogen) atoms. The number of hydrogen-bond acceptors (Lipinski definition) is 3. The number of alkyl halides is 1. The molecule has 0 heterocycles. The minimum atomic E-state index is -0.439. The van der Waals surface area contributed by atoms with E-state index in [2.05, 4.69) is 21.2 Å². The van der Waals surface area contributed by atoms with Crippen LogP contribution in [0, 0.1) is 5.41 Å². The lowest BCUT2D eigenvalue weighted by molar-refractivity contribution is -0.130. The Kier molecular flexibility index (Phi) is 4.57. The first-order valence-corrected chi connectivity index (χ1v) is 6.26. The second-order valence-electron chi connectivity index (χ2n) is 3.76. The fourth-order valence-electron chi connectivity index (χ4n) is 1.72. The normalized spacial score (nSPS) is 17.7. The minimum absolute atomic E-state index is 0.172. The molecule has 1 amide bonds. The van der Waals surface area contributed by atoms with E-state index in [9.17, 15) is 9.59 Å². The molecule has 0 aliphatic heterocycles. The molecule has 1 N–H and O–H groups in total. The van der Waals surface area contributed by atoms with Crippen molar-refractivity contribution in [2.45, 2.75) is 26.2 Å². The summed E-state index contributed by atoms with van der Waals surface area (Å²) in [5, 5.41) is 3.00. The Bertz CT molecular complexity index is 251. The monoisotopic (exact) mass is 277 g/mol. The third-order valence-corrected chi connectivity index (χ3v) is 3.38. The van der Waals surface area contributed by atoms with E-state index in [1.54, 1.807) is 6.92 Å². The van der Waals surface area contributed by atoms with Crippen molar-refractivity contribution in [3.8, 4) is 0 Å². The Morgan fingerprint density at radius 2 is 2.13 bits per heavy atom. The van der Waals surface area contributed by atoms with Crippen molar-refractivity contribution >= 4 is 27.8 Å². The molecular formula is C10H16BrNO3. The minimum Gasteiger partial charge on any atom is -0.450 e. The molecule has 5 heteroatoms. The number of rotatable bonds is 5. The molecule has 1 fully saturated rings. The second-order valence-corrected chi connectivity index (χ2v) is 4.33. The summed E-state index contributed by atoms with van der Waals surface area (Å²) in [6, 6.07) is 0. The summed E-state index contributed by atoms with van der Waals surface area (Å²) in [7, 11) is 0. The molecule has 0 unspecified atom stereocenters. The van der Waals surface area contributed by atoms with Crippen LogP contribution in [-0.4, -0.2) is 30.4 Å². The van der Waals surface area contributed by atoms with Gasteiger partial charge in [0, 0.05) is 12.0 Å². The molecule has 0 bridgehead atoms. The molecule has 86 valence electrons. The highest BCUT2D eigenvalue weighted by Gasteiger charge is 2.43. The SMILES string of the molecule is CCOC(=O)NCC1(C(=O)CBr)CCC1. The van der Waals surface area contributed by atoms with Crippen LogP contribution in [0.25, 0.3) is 0 Å². The number of nitrogens with one attached hydrogen (secondary N) is 1. The van der Waals surface area contributed by atoms with E-state index < -0.39 is 6.09 Å². The van der Waals surface area contributed by atoms with Gasteiger partial charge in [0.25, 0.3) is 0 Å². The lowest BCUT2D eigenvalue weighted by atomic mass is 9.66. The number of carbonyl (C=O) groups is 2. The number of alkyl carbamates (subject to hydrolysis) is 1. The number of amides is 1. The lowest BCUT2D eigenvalue weighted by Crippen LogP contribution is -2.48. The Morgan fingerprint density at radius 1 is 1.47 bits per heavy atom. The molecule has 0 atom stereocenters. The molecule has 1 aliphatic carbocycles. The molecule has 4 nitrogen and oxygen atoms in total. The summed E-state index contributed by atoms with van der Waals surface area (Å²) >= 11 is 3.17. The van der Waals surface area contributed by atoms with Gasteiger partial charge in [0.05, 0.1) is 11.9 Å². The molecule has 0 aromatic rings. The maximum atomic E-state index is 11.6.